The summed E-state index contributed by atoms with van der Waals surface area (Å²) in [5.41, 5.74) is 2.93. The van der Waals surface area contributed by atoms with E-state index >= 15 is 0 Å². The van der Waals surface area contributed by atoms with E-state index in [9.17, 15) is 14.4 Å². The first-order valence-corrected chi connectivity index (χ1v) is 11.4. The Balaban J connectivity index is 1.44. The molecule has 0 saturated carbocycles. The third-order valence-corrected chi connectivity index (χ3v) is 6.50. The highest BCUT2D eigenvalue weighted by molar-refractivity contribution is 7.17. The average molecular weight is 449 g/mol. The van der Waals surface area contributed by atoms with Gasteiger partial charge in [-0.15, -0.1) is 11.3 Å². The minimum absolute atomic E-state index is 0.204. The van der Waals surface area contributed by atoms with Crippen LogP contribution in [0, 0.1) is 0 Å². The molecule has 0 aliphatic heterocycles. The van der Waals surface area contributed by atoms with Crippen molar-refractivity contribution in [3.63, 3.8) is 0 Å². The van der Waals surface area contributed by atoms with Gasteiger partial charge in [-0.25, -0.2) is 4.79 Å². The molecule has 1 aliphatic rings. The summed E-state index contributed by atoms with van der Waals surface area (Å²) in [4.78, 5) is 38.8. The first kappa shape index (κ1) is 21.8. The smallest absolute Gasteiger partial charge is 0.338 e. The van der Waals surface area contributed by atoms with Crippen molar-refractivity contribution in [2.45, 2.75) is 32.2 Å². The van der Waals surface area contributed by atoms with Gasteiger partial charge in [0.05, 0.1) is 11.1 Å². The van der Waals surface area contributed by atoms with Gasteiger partial charge in [0.15, 0.2) is 6.61 Å². The van der Waals surface area contributed by atoms with Crippen LogP contribution in [0.15, 0.2) is 60.7 Å². The molecule has 0 fully saturated rings. The van der Waals surface area contributed by atoms with Crippen LogP contribution in [0.4, 0.5) is 5.00 Å². The van der Waals surface area contributed by atoms with E-state index in [1.54, 1.807) is 30.3 Å². The first-order valence-electron chi connectivity index (χ1n) is 10.6. The van der Waals surface area contributed by atoms with Gasteiger partial charge >= 0.3 is 5.97 Å². The molecule has 1 aromatic heterocycles. The van der Waals surface area contributed by atoms with Gasteiger partial charge < -0.3 is 15.4 Å². The molecule has 164 valence electrons. The van der Waals surface area contributed by atoms with E-state index in [1.165, 1.54) is 11.3 Å². The Bertz CT molecular complexity index is 1110. The van der Waals surface area contributed by atoms with Crippen molar-refractivity contribution in [1.29, 1.82) is 0 Å². The normalized spacial score (nSPS) is 12.5. The van der Waals surface area contributed by atoms with Crippen LogP contribution >= 0.6 is 11.3 Å². The van der Waals surface area contributed by atoms with E-state index in [-0.39, 0.29) is 5.91 Å². The lowest BCUT2D eigenvalue weighted by Gasteiger charge is -2.13. The molecular formula is C25H24N2O4S. The van der Waals surface area contributed by atoms with E-state index in [2.05, 4.69) is 10.6 Å². The summed E-state index contributed by atoms with van der Waals surface area (Å²) >= 11 is 1.44. The number of carbonyl (C=O) groups is 3. The van der Waals surface area contributed by atoms with Crippen molar-refractivity contribution in [3.05, 3.63) is 87.8 Å². The second kappa shape index (κ2) is 10.2. The van der Waals surface area contributed by atoms with Crippen molar-refractivity contribution in [3.8, 4) is 0 Å². The lowest BCUT2D eigenvalue weighted by Crippen LogP contribution is -2.26. The van der Waals surface area contributed by atoms with Crippen molar-refractivity contribution >= 4 is 34.1 Å². The van der Waals surface area contributed by atoms with Gasteiger partial charge in [-0.1, -0.05) is 48.5 Å². The Kier molecular flexibility index (Phi) is 6.97. The fourth-order valence-corrected chi connectivity index (χ4v) is 5.02. The molecule has 0 unspecified atom stereocenters. The maximum atomic E-state index is 13.1. The molecule has 0 saturated heterocycles. The summed E-state index contributed by atoms with van der Waals surface area (Å²) in [6.45, 7) is -0.00621. The molecule has 0 bridgehead atoms. The number of hydrogen-bond acceptors (Lipinski definition) is 5. The highest BCUT2D eigenvalue weighted by atomic mass is 32.1. The molecule has 1 aliphatic carbocycles. The number of fused-ring (bicyclic) bond motifs is 1. The molecule has 2 aromatic carbocycles. The molecule has 1 heterocycles. The third-order valence-electron chi connectivity index (χ3n) is 5.29. The molecule has 2 amide bonds. The summed E-state index contributed by atoms with van der Waals surface area (Å²) < 4.78 is 5.12. The second-order valence-corrected chi connectivity index (χ2v) is 8.68. The van der Waals surface area contributed by atoms with Crippen molar-refractivity contribution in [2.24, 2.45) is 0 Å². The highest BCUT2D eigenvalue weighted by Crippen LogP contribution is 2.38. The number of ether oxygens (including phenoxy) is 1. The lowest BCUT2D eigenvalue weighted by atomic mass is 9.95. The fraction of sp³-hybridized carbons (Fsp3) is 0.240. The van der Waals surface area contributed by atoms with Crippen molar-refractivity contribution in [2.75, 3.05) is 11.9 Å². The molecule has 4 rings (SSSR count). The van der Waals surface area contributed by atoms with Crippen LogP contribution in [-0.2, 0) is 28.9 Å². The molecule has 0 spiro atoms. The SMILES string of the molecule is O=C(COC(=O)c1ccccc1)Nc1sc2c(c1C(=O)NCc1ccccc1)CCCC2. The van der Waals surface area contributed by atoms with Crippen LogP contribution in [0.3, 0.4) is 0 Å². The van der Waals surface area contributed by atoms with Gasteiger partial charge in [-0.3, -0.25) is 9.59 Å². The number of amides is 2. The minimum Gasteiger partial charge on any atom is -0.452 e. The second-order valence-electron chi connectivity index (χ2n) is 7.57. The summed E-state index contributed by atoms with van der Waals surface area (Å²) in [5.74, 6) is -1.23. The Morgan fingerprint density at radius 3 is 2.34 bits per heavy atom. The van der Waals surface area contributed by atoms with E-state index in [0.29, 0.717) is 22.7 Å². The van der Waals surface area contributed by atoms with Crippen LogP contribution in [0.25, 0.3) is 0 Å². The standard InChI is InChI=1S/C25H24N2O4S/c28-21(16-31-25(30)18-11-5-2-6-12-18)27-24-22(19-13-7-8-14-20(19)32-24)23(29)26-15-17-9-3-1-4-10-17/h1-6,9-12H,7-8,13-16H2,(H,26,29)(H,27,28). The van der Waals surface area contributed by atoms with Crippen LogP contribution < -0.4 is 10.6 Å². The predicted octanol–water partition coefficient (Wildman–Crippen LogP) is 4.35. The summed E-state index contributed by atoms with van der Waals surface area (Å²) in [7, 11) is 0. The maximum Gasteiger partial charge on any atom is 0.338 e. The van der Waals surface area contributed by atoms with Gasteiger partial charge in [0.25, 0.3) is 11.8 Å². The van der Waals surface area contributed by atoms with Crippen LogP contribution in [-0.4, -0.2) is 24.4 Å². The summed E-state index contributed by atoms with van der Waals surface area (Å²) in [5, 5.41) is 6.28. The zero-order valence-electron chi connectivity index (χ0n) is 17.6. The molecule has 32 heavy (non-hydrogen) atoms. The largest absolute Gasteiger partial charge is 0.452 e. The number of benzene rings is 2. The number of rotatable bonds is 7. The van der Waals surface area contributed by atoms with Gasteiger partial charge in [-0.2, -0.15) is 0 Å². The van der Waals surface area contributed by atoms with Gasteiger partial charge in [0, 0.05) is 11.4 Å². The number of thiophene rings is 1. The lowest BCUT2D eigenvalue weighted by molar-refractivity contribution is -0.119. The Labute approximate surface area is 190 Å². The van der Waals surface area contributed by atoms with E-state index < -0.39 is 18.5 Å². The average Bonchev–Trinajstić information content (AvgIpc) is 3.20. The van der Waals surface area contributed by atoms with Gasteiger partial charge in [-0.05, 0) is 48.9 Å². The highest BCUT2D eigenvalue weighted by Gasteiger charge is 2.26. The molecule has 0 radical (unpaired) electrons. The molecule has 6 nitrogen and oxygen atoms in total. The quantitative estimate of drug-likeness (QED) is 0.526. The first-order chi connectivity index (χ1) is 15.6. The molecule has 3 aromatic rings. The number of aryl methyl sites for hydroxylation is 1. The Hall–Kier alpha value is -3.45. The number of anilines is 1. The van der Waals surface area contributed by atoms with Gasteiger partial charge in [0.1, 0.15) is 5.00 Å². The predicted molar refractivity (Wildman–Crippen MR) is 124 cm³/mol. The van der Waals surface area contributed by atoms with Crippen LogP contribution in [0.2, 0.25) is 0 Å². The Morgan fingerprint density at radius 2 is 1.59 bits per heavy atom. The number of hydrogen-bond donors (Lipinski definition) is 2. The fourth-order valence-electron chi connectivity index (χ4n) is 3.71. The molecule has 2 N–H and O–H groups in total. The molecule has 7 heteroatoms. The van der Waals surface area contributed by atoms with Crippen LogP contribution in [0.1, 0.15) is 49.6 Å². The molecule has 0 atom stereocenters. The summed E-state index contributed by atoms with van der Waals surface area (Å²) in [6.07, 6.45) is 3.81. The van der Waals surface area contributed by atoms with Gasteiger partial charge in [0.2, 0.25) is 0 Å². The Morgan fingerprint density at radius 1 is 0.906 bits per heavy atom. The van der Waals surface area contributed by atoms with E-state index in [1.807, 2.05) is 30.3 Å². The molecular weight excluding hydrogens is 424 g/mol. The topological polar surface area (TPSA) is 84.5 Å². The zero-order chi connectivity index (χ0) is 22.3. The zero-order valence-corrected chi connectivity index (χ0v) is 18.4. The summed E-state index contributed by atoms with van der Waals surface area (Å²) in [6, 6.07) is 18.2. The monoisotopic (exact) mass is 448 g/mol. The number of nitrogens with one attached hydrogen (secondary N) is 2. The van der Waals surface area contributed by atoms with Crippen molar-refractivity contribution < 1.29 is 19.1 Å². The van der Waals surface area contributed by atoms with E-state index in [4.69, 9.17) is 4.74 Å². The van der Waals surface area contributed by atoms with E-state index in [0.717, 1.165) is 41.7 Å². The number of esters is 1. The third kappa shape index (κ3) is 5.23. The maximum absolute atomic E-state index is 13.1. The number of carbonyl (C=O) groups excluding carboxylic acids is 3. The van der Waals surface area contributed by atoms with Crippen LogP contribution in [0.5, 0.6) is 0 Å². The van der Waals surface area contributed by atoms with Crippen molar-refractivity contribution in [1.82, 2.24) is 5.32 Å². The minimum atomic E-state index is -0.563.